The molecule has 5 aromatic rings. The molecular formula is C26H22N2O. The van der Waals surface area contributed by atoms with E-state index < -0.39 is 33.0 Å². The lowest BCUT2D eigenvalue weighted by molar-refractivity contribution is 0.653. The van der Waals surface area contributed by atoms with E-state index in [1.165, 1.54) is 36.5 Å². The van der Waals surface area contributed by atoms with Gasteiger partial charge in [-0.1, -0.05) is 30.3 Å². The zero-order valence-corrected chi connectivity index (χ0v) is 15.1. The summed E-state index contributed by atoms with van der Waals surface area (Å²) < 4.78 is 100. The van der Waals surface area contributed by atoms with Crippen LogP contribution in [0.4, 0.5) is 0 Å². The van der Waals surface area contributed by atoms with Gasteiger partial charge in [0, 0.05) is 44.7 Å². The maximum Gasteiger partial charge on any atom is 0.227 e. The molecule has 142 valence electrons. The minimum Gasteiger partial charge on any atom is -0.437 e. The molecule has 0 fully saturated rings. The molecule has 3 heterocycles. The van der Waals surface area contributed by atoms with Crippen LogP contribution < -0.4 is 0 Å². The minimum absolute atomic E-state index is 0.114. The molecule has 0 amide bonds. The zero-order valence-electron chi connectivity index (χ0n) is 27.1. The van der Waals surface area contributed by atoms with Gasteiger partial charge in [-0.25, -0.2) is 4.98 Å². The van der Waals surface area contributed by atoms with E-state index in [1.807, 2.05) is 0 Å². The van der Waals surface area contributed by atoms with Crippen molar-refractivity contribution in [2.75, 3.05) is 0 Å². The maximum absolute atomic E-state index is 8.05. The zero-order chi connectivity index (χ0) is 30.1. The summed E-state index contributed by atoms with van der Waals surface area (Å²) in [5, 5.41) is 1.22. The first kappa shape index (κ1) is 8.91. The van der Waals surface area contributed by atoms with Gasteiger partial charge in [-0.05, 0) is 79.5 Å². The second-order valence-electron chi connectivity index (χ2n) is 6.71. The largest absolute Gasteiger partial charge is 0.437 e. The van der Waals surface area contributed by atoms with Crippen molar-refractivity contribution in [3.63, 3.8) is 0 Å². The van der Waals surface area contributed by atoms with Gasteiger partial charge in [-0.15, -0.1) is 0 Å². The van der Waals surface area contributed by atoms with E-state index in [0.29, 0.717) is 27.6 Å². The van der Waals surface area contributed by atoms with Crippen LogP contribution in [0.5, 0.6) is 0 Å². The number of rotatable bonds is 2. The molecule has 0 N–H and O–H groups in total. The number of pyridine rings is 2. The number of aromatic nitrogens is 2. The minimum atomic E-state index is -2.77. The van der Waals surface area contributed by atoms with Crippen molar-refractivity contribution in [3.8, 4) is 22.4 Å². The molecule has 29 heavy (non-hydrogen) atoms. The molecule has 2 aromatic carbocycles. The smallest absolute Gasteiger partial charge is 0.227 e. The Morgan fingerprint density at radius 2 is 1.72 bits per heavy atom. The van der Waals surface area contributed by atoms with Crippen molar-refractivity contribution in [1.29, 1.82) is 0 Å². The van der Waals surface area contributed by atoms with Crippen molar-refractivity contribution < 1.29 is 20.9 Å². The molecule has 0 aliphatic carbocycles. The van der Waals surface area contributed by atoms with E-state index >= 15 is 0 Å². The van der Waals surface area contributed by atoms with Crippen LogP contribution in [0.2, 0.25) is 0 Å². The van der Waals surface area contributed by atoms with Crippen LogP contribution in [-0.4, -0.2) is 9.97 Å². The van der Waals surface area contributed by atoms with Gasteiger partial charge in [0.05, 0.1) is 5.69 Å². The van der Waals surface area contributed by atoms with Gasteiger partial charge < -0.3 is 4.42 Å². The number of fused-ring (bicyclic) bond motifs is 3. The fourth-order valence-corrected chi connectivity index (χ4v) is 3.43. The van der Waals surface area contributed by atoms with E-state index in [-0.39, 0.29) is 33.7 Å². The molecule has 0 bridgehead atoms. The van der Waals surface area contributed by atoms with Gasteiger partial charge in [0.1, 0.15) is 5.58 Å². The Bertz CT molecular complexity index is 1790. The Balaban J connectivity index is 1.75. The SMILES string of the molecule is [2H]C([2H])([2H])c1ccc2c(n1)oc1c(-c3cc(-c4ccc(C([2H])([2H])[2H])c(C([2H])([2H])[2H])c4)c(C([2H])([2H])[2H])cn3)cccc12. The van der Waals surface area contributed by atoms with Crippen LogP contribution in [0.1, 0.15) is 38.8 Å². The molecule has 3 heteroatoms. The third-order valence-corrected chi connectivity index (χ3v) is 4.87. The predicted octanol–water partition coefficient (Wildman–Crippen LogP) is 6.94. The summed E-state index contributed by atoms with van der Waals surface area (Å²) in [5.74, 6) is 0. The lowest BCUT2D eigenvalue weighted by Crippen LogP contribution is -1.91. The molecule has 0 spiro atoms. The average Bonchev–Trinajstić information content (AvgIpc) is 3.24. The van der Waals surface area contributed by atoms with E-state index in [4.69, 9.17) is 20.9 Å². The predicted molar refractivity (Wildman–Crippen MR) is 119 cm³/mol. The highest BCUT2D eigenvalue weighted by atomic mass is 16.3. The first-order valence-electron chi connectivity index (χ1n) is 14.8. The number of aryl methyl sites for hydroxylation is 4. The molecule has 0 saturated carbocycles. The summed E-state index contributed by atoms with van der Waals surface area (Å²) in [6, 6.07) is 13.5. The Morgan fingerprint density at radius 3 is 2.59 bits per heavy atom. The van der Waals surface area contributed by atoms with E-state index in [9.17, 15) is 0 Å². The standard InChI is InChI=1S/C26H22N2O/c1-15-8-10-19(12-16(15)2)23-13-24(27-14-17(23)3)22-7-5-6-20-21-11-9-18(4)28-26(21)29-25(20)22/h5-14H,1-4H3/i1D3,2D3,3D3,4D3. The van der Waals surface area contributed by atoms with Crippen LogP contribution >= 0.6 is 0 Å². The summed E-state index contributed by atoms with van der Waals surface area (Å²) in [5.41, 5.74) is 0.532. The fraction of sp³-hybridized carbons (Fsp3) is 0.154. The normalized spacial score (nSPS) is 19.3. The molecule has 0 aliphatic rings. The number of furan rings is 1. The molecule has 0 atom stereocenters. The second-order valence-corrected chi connectivity index (χ2v) is 6.71. The van der Waals surface area contributed by atoms with Gasteiger partial charge in [-0.3, -0.25) is 4.98 Å². The molecule has 0 radical (unpaired) electrons. The fourth-order valence-electron chi connectivity index (χ4n) is 3.43. The Morgan fingerprint density at radius 1 is 0.793 bits per heavy atom. The first-order chi connectivity index (χ1) is 18.9. The molecular weight excluding hydrogens is 356 g/mol. The average molecular weight is 391 g/mol. The highest BCUT2D eigenvalue weighted by molar-refractivity contribution is 6.08. The molecule has 3 aromatic heterocycles. The van der Waals surface area contributed by atoms with E-state index in [1.54, 1.807) is 24.3 Å². The number of nitrogens with zero attached hydrogens (tertiary/aromatic N) is 2. The Kier molecular flexibility index (Phi) is 2.02. The number of benzene rings is 2. The van der Waals surface area contributed by atoms with E-state index in [2.05, 4.69) is 9.97 Å². The third kappa shape index (κ3) is 2.90. The van der Waals surface area contributed by atoms with Crippen LogP contribution in [0.15, 0.2) is 65.2 Å². The first-order valence-corrected chi connectivity index (χ1v) is 8.85. The summed E-state index contributed by atoms with van der Waals surface area (Å²) >= 11 is 0. The third-order valence-electron chi connectivity index (χ3n) is 4.87. The van der Waals surface area contributed by atoms with Crippen LogP contribution in [0, 0.1) is 27.4 Å². The van der Waals surface area contributed by atoms with Gasteiger partial charge in [-0.2, -0.15) is 0 Å². The monoisotopic (exact) mass is 390 g/mol. The topological polar surface area (TPSA) is 38.9 Å². The van der Waals surface area contributed by atoms with Gasteiger partial charge in [0.25, 0.3) is 0 Å². The Labute approximate surface area is 186 Å². The lowest BCUT2D eigenvalue weighted by atomic mass is 9.96. The van der Waals surface area contributed by atoms with Gasteiger partial charge >= 0.3 is 0 Å². The van der Waals surface area contributed by atoms with Crippen molar-refractivity contribution in [3.05, 3.63) is 83.2 Å². The van der Waals surface area contributed by atoms with Crippen molar-refractivity contribution in [2.45, 2.75) is 27.4 Å². The molecule has 0 unspecified atom stereocenters. The second kappa shape index (κ2) is 6.56. The summed E-state index contributed by atoms with van der Waals surface area (Å²) in [4.78, 5) is 8.54. The van der Waals surface area contributed by atoms with Crippen molar-refractivity contribution in [2.24, 2.45) is 0 Å². The molecule has 5 rings (SSSR count). The van der Waals surface area contributed by atoms with Crippen LogP contribution in [-0.2, 0) is 0 Å². The van der Waals surface area contributed by atoms with Crippen LogP contribution in [0.3, 0.4) is 0 Å². The van der Waals surface area contributed by atoms with E-state index in [0.717, 1.165) is 0 Å². The highest BCUT2D eigenvalue weighted by Gasteiger charge is 2.15. The molecule has 0 aliphatic heterocycles. The van der Waals surface area contributed by atoms with Gasteiger partial charge in [0.15, 0.2) is 0 Å². The van der Waals surface area contributed by atoms with Gasteiger partial charge in [0.2, 0.25) is 5.71 Å². The van der Waals surface area contributed by atoms with Crippen molar-refractivity contribution in [1.82, 2.24) is 9.97 Å². The molecule has 0 saturated heterocycles. The number of hydrogen-bond acceptors (Lipinski definition) is 3. The highest BCUT2D eigenvalue weighted by Crippen LogP contribution is 2.36. The summed E-state index contributed by atoms with van der Waals surface area (Å²) in [7, 11) is 0. The maximum atomic E-state index is 8.05. The van der Waals surface area contributed by atoms with Crippen molar-refractivity contribution >= 4 is 22.1 Å². The summed E-state index contributed by atoms with van der Waals surface area (Å²) in [6.07, 6.45) is 1.18. The van der Waals surface area contributed by atoms with Crippen LogP contribution in [0.25, 0.3) is 44.5 Å². The number of hydrogen-bond donors (Lipinski definition) is 0. The number of para-hydroxylation sites is 1. The quantitative estimate of drug-likeness (QED) is 0.327. The Hall–Kier alpha value is -3.46. The molecule has 3 nitrogen and oxygen atoms in total. The summed E-state index contributed by atoms with van der Waals surface area (Å²) in [6.45, 7) is -10.5. The lowest BCUT2D eigenvalue weighted by Gasteiger charge is -2.11.